The van der Waals surface area contributed by atoms with E-state index in [-0.39, 0.29) is 24.3 Å². The molecule has 0 aromatic heterocycles. The van der Waals surface area contributed by atoms with Crippen molar-refractivity contribution >= 4 is 0 Å². The maximum absolute atomic E-state index is 14.6. The number of benzene rings is 1. The molecule has 2 aliphatic rings. The molecular weight excluding hydrogens is 336 g/mol. The first kappa shape index (κ1) is 18.1. The largest absolute Gasteiger partial charge is 0.573 e. The Balaban J connectivity index is 1.74. The predicted molar refractivity (Wildman–Crippen MR) is 86.1 cm³/mol. The van der Waals surface area contributed by atoms with Crippen LogP contribution in [0, 0.1) is 17.7 Å². The second-order valence-corrected chi connectivity index (χ2v) is 6.84. The molecule has 2 saturated carbocycles. The van der Waals surface area contributed by atoms with Crippen LogP contribution >= 0.6 is 0 Å². The molecule has 0 unspecified atom stereocenters. The summed E-state index contributed by atoms with van der Waals surface area (Å²) in [5, 5.41) is 0. The van der Waals surface area contributed by atoms with Gasteiger partial charge in [-0.05, 0) is 55.6 Å². The molecule has 0 radical (unpaired) electrons. The maximum atomic E-state index is 14.6. The number of rotatable bonds is 7. The maximum Gasteiger partial charge on any atom is 0.573 e. The van der Waals surface area contributed by atoms with Crippen LogP contribution in [-0.4, -0.2) is 13.0 Å². The Morgan fingerprint density at radius 3 is 2.36 bits per heavy atom. The van der Waals surface area contributed by atoms with Crippen molar-refractivity contribution in [3.63, 3.8) is 0 Å². The molecule has 0 bridgehead atoms. The lowest BCUT2D eigenvalue weighted by molar-refractivity contribution is -0.276. The average molecular weight is 358 g/mol. The van der Waals surface area contributed by atoms with Gasteiger partial charge in [-0.2, -0.15) is 0 Å². The van der Waals surface area contributed by atoms with Crippen molar-refractivity contribution in [1.82, 2.24) is 0 Å². The minimum Gasteiger partial charge on any atom is -0.489 e. The van der Waals surface area contributed by atoms with Crippen LogP contribution in [-0.2, 0) is 6.42 Å². The molecule has 3 rings (SSSR count). The molecule has 2 nitrogen and oxygen atoms in total. The molecule has 0 saturated heterocycles. The summed E-state index contributed by atoms with van der Waals surface area (Å²) in [4.78, 5) is 0. The molecule has 0 spiro atoms. The van der Waals surface area contributed by atoms with Crippen LogP contribution in [0.25, 0.3) is 0 Å². The Morgan fingerprint density at radius 1 is 1.08 bits per heavy atom. The molecule has 25 heavy (non-hydrogen) atoms. The number of hydrogen-bond donors (Lipinski definition) is 0. The molecule has 1 aromatic carbocycles. The first-order valence-corrected chi connectivity index (χ1v) is 8.79. The second-order valence-electron chi connectivity index (χ2n) is 6.84. The van der Waals surface area contributed by atoms with Gasteiger partial charge in [0.05, 0.1) is 6.61 Å². The fourth-order valence-electron chi connectivity index (χ4n) is 2.95. The third-order valence-electron chi connectivity index (χ3n) is 4.95. The lowest BCUT2D eigenvalue weighted by Gasteiger charge is -2.26. The molecule has 1 aromatic rings. The van der Waals surface area contributed by atoms with E-state index >= 15 is 0 Å². The zero-order chi connectivity index (χ0) is 17.9. The monoisotopic (exact) mass is 358 g/mol. The van der Waals surface area contributed by atoms with Crippen LogP contribution in [0.1, 0.15) is 44.1 Å². The highest BCUT2D eigenvalue weighted by molar-refractivity contribution is 5.45. The van der Waals surface area contributed by atoms with Crippen LogP contribution in [0.15, 0.2) is 24.3 Å². The van der Waals surface area contributed by atoms with Gasteiger partial charge in [-0.25, -0.2) is 4.39 Å². The van der Waals surface area contributed by atoms with Crippen LogP contribution in [0.4, 0.5) is 17.6 Å². The van der Waals surface area contributed by atoms with Gasteiger partial charge in [-0.15, -0.1) is 13.2 Å². The molecular formula is C19H22F4O2. The van der Waals surface area contributed by atoms with Crippen molar-refractivity contribution in [1.29, 1.82) is 0 Å². The number of hydrogen-bond acceptors (Lipinski definition) is 2. The standard InChI is InChI=1S/C19H22F4O2/c20-17-15(9-3-6-13-4-1-5-13)10-11-16(18(17)25-19(21,22)23)24-12-14-7-2-8-14/h3,6,10-11,13-14H,1-2,4-5,7-9,12H2/b6-3+. The summed E-state index contributed by atoms with van der Waals surface area (Å²) < 4.78 is 61.9. The normalized spacial score (nSPS) is 18.9. The Bertz CT molecular complexity index is 617. The van der Waals surface area contributed by atoms with E-state index in [1.807, 2.05) is 12.2 Å². The van der Waals surface area contributed by atoms with Gasteiger partial charge in [0.2, 0.25) is 5.75 Å². The lowest BCUT2D eigenvalue weighted by Crippen LogP contribution is -2.22. The highest BCUT2D eigenvalue weighted by Gasteiger charge is 2.35. The van der Waals surface area contributed by atoms with Crippen LogP contribution in [0.3, 0.4) is 0 Å². The topological polar surface area (TPSA) is 18.5 Å². The molecule has 0 atom stereocenters. The second kappa shape index (κ2) is 7.67. The van der Waals surface area contributed by atoms with E-state index in [0.29, 0.717) is 11.8 Å². The van der Waals surface area contributed by atoms with Gasteiger partial charge in [0.15, 0.2) is 11.6 Å². The van der Waals surface area contributed by atoms with Gasteiger partial charge in [0, 0.05) is 0 Å². The van der Waals surface area contributed by atoms with E-state index in [2.05, 4.69) is 4.74 Å². The minimum atomic E-state index is -4.96. The Kier molecular flexibility index (Phi) is 5.54. The van der Waals surface area contributed by atoms with Crippen molar-refractivity contribution in [2.45, 2.75) is 51.3 Å². The molecule has 0 N–H and O–H groups in total. The Hall–Kier alpha value is -1.72. The molecule has 6 heteroatoms. The highest BCUT2D eigenvalue weighted by Crippen LogP contribution is 2.38. The summed E-state index contributed by atoms with van der Waals surface area (Å²) >= 11 is 0. The van der Waals surface area contributed by atoms with Crippen molar-refractivity contribution in [3.8, 4) is 11.5 Å². The third kappa shape index (κ3) is 4.89. The van der Waals surface area contributed by atoms with Crippen molar-refractivity contribution < 1.29 is 27.0 Å². The molecule has 2 fully saturated rings. The van der Waals surface area contributed by atoms with E-state index in [4.69, 9.17) is 4.74 Å². The van der Waals surface area contributed by atoms with Gasteiger partial charge in [-0.1, -0.05) is 31.1 Å². The zero-order valence-corrected chi connectivity index (χ0v) is 13.9. The number of alkyl halides is 3. The Labute approximate surface area is 144 Å². The summed E-state index contributed by atoms with van der Waals surface area (Å²) in [6, 6.07) is 2.84. The molecule has 138 valence electrons. The summed E-state index contributed by atoms with van der Waals surface area (Å²) in [6.07, 6.45) is 5.60. The zero-order valence-electron chi connectivity index (χ0n) is 13.9. The first-order valence-electron chi connectivity index (χ1n) is 8.79. The van der Waals surface area contributed by atoms with Gasteiger partial charge in [0.25, 0.3) is 0 Å². The van der Waals surface area contributed by atoms with Gasteiger partial charge >= 0.3 is 6.36 Å². The van der Waals surface area contributed by atoms with Crippen LogP contribution < -0.4 is 9.47 Å². The molecule has 2 aliphatic carbocycles. The first-order chi connectivity index (χ1) is 11.9. The molecule has 0 amide bonds. The summed E-state index contributed by atoms with van der Waals surface area (Å²) in [5.74, 6) is -1.21. The predicted octanol–water partition coefficient (Wildman–Crippen LogP) is 5.80. The number of halogens is 4. The molecule has 0 heterocycles. The highest BCUT2D eigenvalue weighted by atomic mass is 19.4. The van der Waals surface area contributed by atoms with E-state index in [9.17, 15) is 17.6 Å². The fraction of sp³-hybridized carbons (Fsp3) is 0.579. The summed E-state index contributed by atoms with van der Waals surface area (Å²) in [5.41, 5.74) is 0.172. The number of allylic oxidation sites excluding steroid dienone is 2. The van der Waals surface area contributed by atoms with E-state index in [1.54, 1.807) is 0 Å². The quantitative estimate of drug-likeness (QED) is 0.453. The van der Waals surface area contributed by atoms with Gasteiger partial charge in [-0.3, -0.25) is 0 Å². The lowest BCUT2D eigenvalue weighted by atomic mass is 9.85. The van der Waals surface area contributed by atoms with Crippen molar-refractivity contribution in [3.05, 3.63) is 35.7 Å². The SMILES string of the molecule is Fc1c(C/C=C/C2CCC2)ccc(OCC2CCC2)c1OC(F)(F)F. The Morgan fingerprint density at radius 2 is 1.80 bits per heavy atom. The smallest absolute Gasteiger partial charge is 0.489 e. The van der Waals surface area contributed by atoms with Crippen LogP contribution in [0.2, 0.25) is 0 Å². The fourth-order valence-corrected chi connectivity index (χ4v) is 2.95. The average Bonchev–Trinajstić information content (AvgIpc) is 2.44. The van der Waals surface area contributed by atoms with Crippen LogP contribution in [0.5, 0.6) is 11.5 Å². The van der Waals surface area contributed by atoms with E-state index in [0.717, 1.165) is 32.1 Å². The van der Waals surface area contributed by atoms with Crippen molar-refractivity contribution in [2.75, 3.05) is 6.61 Å². The summed E-state index contributed by atoms with van der Waals surface area (Å²) in [7, 11) is 0. The third-order valence-corrected chi connectivity index (χ3v) is 4.95. The molecule has 0 aliphatic heterocycles. The minimum absolute atomic E-state index is 0.172. The number of ether oxygens (including phenoxy) is 2. The van der Waals surface area contributed by atoms with E-state index in [1.165, 1.54) is 18.6 Å². The van der Waals surface area contributed by atoms with Crippen molar-refractivity contribution in [2.24, 2.45) is 11.8 Å². The van der Waals surface area contributed by atoms with E-state index < -0.39 is 17.9 Å². The van der Waals surface area contributed by atoms with Gasteiger partial charge in [0.1, 0.15) is 0 Å². The van der Waals surface area contributed by atoms with Gasteiger partial charge < -0.3 is 9.47 Å². The summed E-state index contributed by atoms with van der Waals surface area (Å²) in [6.45, 7) is 0.286.